The van der Waals surface area contributed by atoms with Crippen LogP contribution in [0.5, 0.6) is 0 Å². The fourth-order valence-electron chi connectivity index (χ4n) is 2.76. The highest BCUT2D eigenvalue weighted by Crippen LogP contribution is 2.19. The number of halogens is 1. The lowest BCUT2D eigenvalue weighted by Crippen LogP contribution is -2.46. The summed E-state index contributed by atoms with van der Waals surface area (Å²) in [6.45, 7) is 2.01. The minimum Gasteiger partial charge on any atom is -0.361 e. The highest BCUT2D eigenvalue weighted by Gasteiger charge is 2.18. The SMILES string of the molecule is CC(Cc1cccs1)NC(=O)[C@@H](N)Cc1c[nH]c2ccccc12.Cl. The molecule has 0 radical (unpaired) electrons. The van der Waals surface area contributed by atoms with Gasteiger partial charge in [-0.15, -0.1) is 23.7 Å². The Morgan fingerprint density at radius 2 is 2.04 bits per heavy atom. The molecule has 0 aliphatic carbocycles. The van der Waals surface area contributed by atoms with E-state index in [1.807, 2.05) is 48.8 Å². The number of carbonyl (C=O) groups excluding carboxylic acids is 1. The predicted molar refractivity (Wildman–Crippen MR) is 103 cm³/mol. The Morgan fingerprint density at radius 1 is 1.25 bits per heavy atom. The van der Waals surface area contributed by atoms with Gasteiger partial charge in [-0.05, 0) is 36.4 Å². The number of fused-ring (bicyclic) bond motifs is 1. The van der Waals surface area contributed by atoms with Crippen LogP contribution in [-0.2, 0) is 17.6 Å². The van der Waals surface area contributed by atoms with Crippen molar-refractivity contribution in [1.29, 1.82) is 0 Å². The van der Waals surface area contributed by atoms with Gasteiger partial charge in [-0.1, -0.05) is 24.3 Å². The number of carbonyl (C=O) groups is 1. The minimum atomic E-state index is -0.542. The standard InChI is InChI=1S/C18H21N3OS.ClH/c1-12(9-14-5-4-8-23-14)21-18(22)16(19)10-13-11-20-17-7-3-2-6-15(13)17;/h2-8,11-12,16,20H,9-10,19H2,1H3,(H,21,22);1H/t12?,16-;/m0./s1. The van der Waals surface area contributed by atoms with E-state index in [4.69, 9.17) is 5.73 Å². The number of aromatic amines is 1. The third-order valence-electron chi connectivity index (χ3n) is 3.93. The molecule has 1 aromatic carbocycles. The quantitative estimate of drug-likeness (QED) is 0.629. The Kier molecular flexibility index (Phi) is 6.43. The molecule has 2 heterocycles. The molecule has 24 heavy (non-hydrogen) atoms. The van der Waals surface area contributed by atoms with Crippen LogP contribution in [0.1, 0.15) is 17.4 Å². The highest BCUT2D eigenvalue weighted by molar-refractivity contribution is 7.09. The lowest BCUT2D eigenvalue weighted by Gasteiger charge is -2.17. The maximum atomic E-state index is 12.3. The molecule has 0 aliphatic heterocycles. The Hall–Kier alpha value is -1.82. The number of amides is 1. The van der Waals surface area contributed by atoms with Crippen LogP contribution in [-0.4, -0.2) is 23.0 Å². The van der Waals surface area contributed by atoms with E-state index in [-0.39, 0.29) is 24.4 Å². The van der Waals surface area contributed by atoms with Gasteiger partial charge in [0.05, 0.1) is 6.04 Å². The second-order valence-corrected chi connectivity index (χ2v) is 6.90. The maximum Gasteiger partial charge on any atom is 0.237 e. The van der Waals surface area contributed by atoms with E-state index < -0.39 is 6.04 Å². The number of hydrogen-bond donors (Lipinski definition) is 3. The van der Waals surface area contributed by atoms with Crippen molar-refractivity contribution in [1.82, 2.24) is 10.3 Å². The summed E-state index contributed by atoms with van der Waals surface area (Å²) in [5.41, 5.74) is 8.25. The molecule has 1 amide bonds. The van der Waals surface area contributed by atoms with Crippen LogP contribution in [0.4, 0.5) is 0 Å². The molecule has 4 nitrogen and oxygen atoms in total. The number of aromatic nitrogens is 1. The first-order valence-electron chi connectivity index (χ1n) is 7.77. The molecule has 2 aromatic heterocycles. The summed E-state index contributed by atoms with van der Waals surface area (Å²) >= 11 is 1.71. The summed E-state index contributed by atoms with van der Waals surface area (Å²) in [5.74, 6) is -0.0978. The predicted octanol–water partition coefficient (Wildman–Crippen LogP) is 3.27. The summed E-state index contributed by atoms with van der Waals surface area (Å²) in [5, 5.41) is 6.19. The monoisotopic (exact) mass is 363 g/mol. The second-order valence-electron chi connectivity index (χ2n) is 5.86. The summed E-state index contributed by atoms with van der Waals surface area (Å²) in [6, 6.07) is 11.7. The van der Waals surface area contributed by atoms with Crippen molar-refractivity contribution in [2.45, 2.75) is 31.8 Å². The van der Waals surface area contributed by atoms with Gasteiger partial charge in [0.1, 0.15) is 0 Å². The zero-order valence-corrected chi connectivity index (χ0v) is 15.1. The fourth-order valence-corrected chi connectivity index (χ4v) is 3.60. The molecule has 0 aliphatic rings. The Labute approximate surface area is 151 Å². The molecule has 1 unspecified atom stereocenters. The van der Waals surface area contributed by atoms with Gasteiger partial charge < -0.3 is 16.0 Å². The van der Waals surface area contributed by atoms with E-state index in [1.165, 1.54) is 4.88 Å². The molecule has 0 saturated heterocycles. The van der Waals surface area contributed by atoms with Crippen LogP contribution >= 0.6 is 23.7 Å². The van der Waals surface area contributed by atoms with Crippen LogP contribution in [0.25, 0.3) is 10.9 Å². The van der Waals surface area contributed by atoms with Gasteiger partial charge in [-0.25, -0.2) is 0 Å². The number of thiophene rings is 1. The van der Waals surface area contributed by atoms with Gasteiger partial charge in [-0.3, -0.25) is 4.79 Å². The van der Waals surface area contributed by atoms with Gasteiger partial charge in [0.15, 0.2) is 0 Å². The molecule has 128 valence electrons. The number of H-pyrrole nitrogens is 1. The number of hydrogen-bond acceptors (Lipinski definition) is 3. The zero-order chi connectivity index (χ0) is 16.2. The smallest absolute Gasteiger partial charge is 0.237 e. The van der Waals surface area contributed by atoms with Crippen molar-refractivity contribution in [3.05, 3.63) is 58.4 Å². The Bertz CT molecular complexity index is 785. The largest absolute Gasteiger partial charge is 0.361 e. The van der Waals surface area contributed by atoms with Crippen LogP contribution in [0.3, 0.4) is 0 Å². The fraction of sp³-hybridized carbons (Fsp3) is 0.278. The molecule has 4 N–H and O–H groups in total. The summed E-state index contributed by atoms with van der Waals surface area (Å²) in [7, 11) is 0. The van der Waals surface area contributed by atoms with Gasteiger partial charge in [0.25, 0.3) is 0 Å². The average Bonchev–Trinajstić information content (AvgIpc) is 3.17. The first-order valence-corrected chi connectivity index (χ1v) is 8.65. The number of rotatable bonds is 6. The van der Waals surface area contributed by atoms with E-state index in [1.54, 1.807) is 11.3 Å². The molecular formula is C18H22ClN3OS. The van der Waals surface area contributed by atoms with Crippen molar-refractivity contribution in [3.8, 4) is 0 Å². The molecular weight excluding hydrogens is 342 g/mol. The van der Waals surface area contributed by atoms with Crippen molar-refractivity contribution >= 4 is 40.6 Å². The number of nitrogens with one attached hydrogen (secondary N) is 2. The third kappa shape index (κ3) is 4.38. The van der Waals surface area contributed by atoms with Crippen molar-refractivity contribution in [2.24, 2.45) is 5.73 Å². The molecule has 3 aromatic rings. The van der Waals surface area contributed by atoms with E-state index in [2.05, 4.69) is 16.4 Å². The topological polar surface area (TPSA) is 70.9 Å². The molecule has 3 rings (SSSR count). The van der Waals surface area contributed by atoms with Crippen molar-refractivity contribution in [3.63, 3.8) is 0 Å². The summed E-state index contributed by atoms with van der Waals surface area (Å²) in [4.78, 5) is 16.8. The van der Waals surface area contributed by atoms with Crippen LogP contribution in [0, 0.1) is 0 Å². The molecule has 0 bridgehead atoms. The van der Waals surface area contributed by atoms with E-state index in [9.17, 15) is 4.79 Å². The Balaban J connectivity index is 0.00000208. The second kappa shape index (κ2) is 8.33. The Morgan fingerprint density at radius 3 is 2.79 bits per heavy atom. The van der Waals surface area contributed by atoms with Gasteiger partial charge in [0, 0.05) is 34.4 Å². The van der Waals surface area contributed by atoms with Gasteiger partial charge in [-0.2, -0.15) is 0 Å². The van der Waals surface area contributed by atoms with E-state index in [0.717, 1.165) is 22.9 Å². The lowest BCUT2D eigenvalue weighted by molar-refractivity contribution is -0.122. The van der Waals surface area contributed by atoms with Crippen molar-refractivity contribution < 1.29 is 4.79 Å². The number of benzene rings is 1. The first-order chi connectivity index (χ1) is 11.1. The van der Waals surface area contributed by atoms with Crippen LogP contribution < -0.4 is 11.1 Å². The minimum absolute atomic E-state index is 0. The van der Waals surface area contributed by atoms with Crippen LogP contribution in [0.15, 0.2) is 48.0 Å². The van der Waals surface area contributed by atoms with Crippen LogP contribution in [0.2, 0.25) is 0 Å². The molecule has 0 fully saturated rings. The average molecular weight is 364 g/mol. The van der Waals surface area contributed by atoms with E-state index in [0.29, 0.717) is 6.42 Å². The number of nitrogens with two attached hydrogens (primary N) is 1. The third-order valence-corrected chi connectivity index (χ3v) is 4.83. The summed E-state index contributed by atoms with van der Waals surface area (Å²) < 4.78 is 0. The normalized spacial score (nSPS) is 13.2. The first kappa shape index (κ1) is 18.5. The maximum absolute atomic E-state index is 12.3. The highest BCUT2D eigenvalue weighted by atomic mass is 35.5. The number of para-hydroxylation sites is 1. The van der Waals surface area contributed by atoms with Gasteiger partial charge >= 0.3 is 0 Å². The van der Waals surface area contributed by atoms with Gasteiger partial charge in [0.2, 0.25) is 5.91 Å². The molecule has 0 spiro atoms. The van der Waals surface area contributed by atoms with Crippen molar-refractivity contribution in [2.75, 3.05) is 0 Å². The molecule has 2 atom stereocenters. The zero-order valence-electron chi connectivity index (χ0n) is 13.5. The molecule has 0 saturated carbocycles. The molecule has 6 heteroatoms. The van der Waals surface area contributed by atoms with E-state index >= 15 is 0 Å². The summed E-state index contributed by atoms with van der Waals surface area (Å²) in [6.07, 6.45) is 3.30. The lowest BCUT2D eigenvalue weighted by atomic mass is 10.0.